The first-order chi connectivity index (χ1) is 11.1. The van der Waals surface area contributed by atoms with Gasteiger partial charge in [-0.2, -0.15) is 0 Å². The van der Waals surface area contributed by atoms with Crippen LogP contribution in [0.4, 0.5) is 0 Å². The molecule has 118 valence electrons. The van der Waals surface area contributed by atoms with E-state index in [1.165, 1.54) is 0 Å². The van der Waals surface area contributed by atoms with E-state index in [1.807, 2.05) is 68.6 Å². The molecule has 3 rings (SSSR count). The predicted molar refractivity (Wildman–Crippen MR) is 91.1 cm³/mol. The Hall–Kier alpha value is -2.17. The molecule has 2 aromatic carbocycles. The molecule has 1 aromatic heterocycles. The van der Waals surface area contributed by atoms with Gasteiger partial charge in [-0.05, 0) is 37.7 Å². The van der Waals surface area contributed by atoms with E-state index in [2.05, 4.69) is 15.1 Å². The SMILES string of the molecule is CC(c1nnc(-c2ccccc2)o1)N(C)Cc1ccccc1Cl. The van der Waals surface area contributed by atoms with Gasteiger partial charge in [0.1, 0.15) is 0 Å². The van der Waals surface area contributed by atoms with Gasteiger partial charge in [0.25, 0.3) is 0 Å². The van der Waals surface area contributed by atoms with E-state index in [1.54, 1.807) is 0 Å². The fourth-order valence-electron chi connectivity index (χ4n) is 2.32. The van der Waals surface area contributed by atoms with Gasteiger partial charge in [-0.15, -0.1) is 10.2 Å². The summed E-state index contributed by atoms with van der Waals surface area (Å²) in [5, 5.41) is 9.10. The van der Waals surface area contributed by atoms with Crippen LogP contribution in [0.5, 0.6) is 0 Å². The number of hydrogen-bond donors (Lipinski definition) is 0. The Morgan fingerprint density at radius 1 is 1.04 bits per heavy atom. The molecule has 0 aliphatic carbocycles. The highest BCUT2D eigenvalue weighted by molar-refractivity contribution is 6.31. The lowest BCUT2D eigenvalue weighted by atomic mass is 10.2. The summed E-state index contributed by atoms with van der Waals surface area (Å²) in [6.07, 6.45) is 0. The van der Waals surface area contributed by atoms with Crippen molar-refractivity contribution in [3.8, 4) is 11.5 Å². The first-order valence-electron chi connectivity index (χ1n) is 7.47. The molecular formula is C18H18ClN3O. The van der Waals surface area contributed by atoms with Crippen LogP contribution >= 0.6 is 11.6 Å². The minimum absolute atomic E-state index is 0.00349. The predicted octanol–water partition coefficient (Wildman–Crippen LogP) is 4.58. The highest BCUT2D eigenvalue weighted by atomic mass is 35.5. The van der Waals surface area contributed by atoms with Crippen molar-refractivity contribution in [3.63, 3.8) is 0 Å². The van der Waals surface area contributed by atoms with Crippen molar-refractivity contribution in [1.29, 1.82) is 0 Å². The normalized spacial score (nSPS) is 12.5. The van der Waals surface area contributed by atoms with Gasteiger partial charge in [0.2, 0.25) is 11.8 Å². The van der Waals surface area contributed by atoms with Gasteiger partial charge in [-0.1, -0.05) is 48.0 Å². The number of rotatable bonds is 5. The van der Waals surface area contributed by atoms with E-state index in [9.17, 15) is 0 Å². The van der Waals surface area contributed by atoms with Crippen LogP contribution in [0, 0.1) is 0 Å². The summed E-state index contributed by atoms with van der Waals surface area (Å²) in [7, 11) is 2.01. The Labute approximate surface area is 140 Å². The van der Waals surface area contributed by atoms with E-state index in [4.69, 9.17) is 16.0 Å². The van der Waals surface area contributed by atoms with Crippen LogP contribution < -0.4 is 0 Å². The highest BCUT2D eigenvalue weighted by Gasteiger charge is 2.19. The fourth-order valence-corrected chi connectivity index (χ4v) is 2.52. The molecule has 23 heavy (non-hydrogen) atoms. The summed E-state index contributed by atoms with van der Waals surface area (Å²) in [5.41, 5.74) is 2.00. The average Bonchev–Trinajstić information content (AvgIpc) is 3.07. The van der Waals surface area contributed by atoms with Gasteiger partial charge < -0.3 is 4.42 Å². The molecule has 1 unspecified atom stereocenters. The summed E-state index contributed by atoms with van der Waals surface area (Å²) < 4.78 is 5.82. The zero-order valence-corrected chi connectivity index (χ0v) is 13.9. The molecule has 0 aliphatic rings. The Balaban J connectivity index is 1.74. The third-order valence-corrected chi connectivity index (χ3v) is 4.23. The lowest BCUT2D eigenvalue weighted by molar-refractivity contribution is 0.218. The second-order valence-corrected chi connectivity index (χ2v) is 5.90. The van der Waals surface area contributed by atoms with Crippen molar-refractivity contribution in [2.24, 2.45) is 0 Å². The van der Waals surface area contributed by atoms with Crippen molar-refractivity contribution in [2.45, 2.75) is 19.5 Å². The van der Waals surface area contributed by atoms with Crippen LogP contribution in [0.25, 0.3) is 11.5 Å². The Morgan fingerprint density at radius 2 is 1.74 bits per heavy atom. The smallest absolute Gasteiger partial charge is 0.247 e. The minimum Gasteiger partial charge on any atom is -0.419 e. The van der Waals surface area contributed by atoms with Crippen LogP contribution in [0.1, 0.15) is 24.4 Å². The molecule has 1 heterocycles. The Bertz CT molecular complexity index is 773. The van der Waals surface area contributed by atoms with Crippen molar-refractivity contribution in [1.82, 2.24) is 15.1 Å². The van der Waals surface area contributed by atoms with Crippen LogP contribution in [0.3, 0.4) is 0 Å². The molecule has 1 atom stereocenters. The zero-order valence-electron chi connectivity index (χ0n) is 13.1. The number of hydrogen-bond acceptors (Lipinski definition) is 4. The summed E-state index contributed by atoms with van der Waals surface area (Å²) in [5.74, 6) is 1.14. The standard InChI is InChI=1S/C18H18ClN3O/c1-13(22(2)12-15-10-6-7-11-16(15)19)17-20-21-18(23-17)14-8-4-3-5-9-14/h3-11,13H,12H2,1-2H3. The molecule has 0 aliphatic heterocycles. The number of halogens is 1. The molecule has 0 radical (unpaired) electrons. The third-order valence-electron chi connectivity index (χ3n) is 3.86. The second-order valence-electron chi connectivity index (χ2n) is 5.49. The summed E-state index contributed by atoms with van der Waals surface area (Å²) in [4.78, 5) is 2.13. The molecule has 0 saturated heterocycles. The lowest BCUT2D eigenvalue weighted by Gasteiger charge is -2.22. The van der Waals surface area contributed by atoms with Crippen LogP contribution in [0.15, 0.2) is 59.0 Å². The maximum Gasteiger partial charge on any atom is 0.247 e. The maximum atomic E-state index is 6.23. The van der Waals surface area contributed by atoms with Crippen LogP contribution in [-0.4, -0.2) is 22.1 Å². The summed E-state index contributed by atoms with van der Waals surface area (Å²) in [6.45, 7) is 2.75. The third kappa shape index (κ3) is 3.60. The monoisotopic (exact) mass is 327 g/mol. The van der Waals surface area contributed by atoms with Crippen LogP contribution in [-0.2, 0) is 6.54 Å². The number of benzene rings is 2. The van der Waals surface area contributed by atoms with Gasteiger partial charge in [0, 0.05) is 17.1 Å². The van der Waals surface area contributed by atoms with E-state index >= 15 is 0 Å². The van der Waals surface area contributed by atoms with E-state index in [-0.39, 0.29) is 6.04 Å². The molecule has 4 nitrogen and oxygen atoms in total. The second kappa shape index (κ2) is 6.94. The molecule has 0 spiro atoms. The molecule has 5 heteroatoms. The van der Waals surface area contributed by atoms with Gasteiger partial charge >= 0.3 is 0 Å². The molecular weight excluding hydrogens is 310 g/mol. The molecule has 0 N–H and O–H groups in total. The average molecular weight is 328 g/mol. The number of aromatic nitrogens is 2. The van der Waals surface area contributed by atoms with Crippen LogP contribution in [0.2, 0.25) is 5.02 Å². The minimum atomic E-state index is -0.00349. The zero-order chi connectivity index (χ0) is 16.2. The van der Waals surface area contributed by atoms with Crippen molar-refractivity contribution >= 4 is 11.6 Å². The molecule has 0 bridgehead atoms. The fraction of sp³-hybridized carbons (Fsp3) is 0.222. The van der Waals surface area contributed by atoms with E-state index < -0.39 is 0 Å². The first-order valence-corrected chi connectivity index (χ1v) is 7.85. The topological polar surface area (TPSA) is 42.2 Å². The van der Waals surface area contributed by atoms with E-state index in [0.717, 1.165) is 16.1 Å². The van der Waals surface area contributed by atoms with Gasteiger partial charge in [0.15, 0.2) is 0 Å². The molecule has 0 fully saturated rings. The van der Waals surface area contributed by atoms with E-state index in [0.29, 0.717) is 18.3 Å². The van der Waals surface area contributed by atoms with Gasteiger partial charge in [0.05, 0.1) is 6.04 Å². The molecule has 3 aromatic rings. The molecule has 0 saturated carbocycles. The Morgan fingerprint density at radius 3 is 2.48 bits per heavy atom. The maximum absolute atomic E-state index is 6.23. The van der Waals surface area contributed by atoms with Gasteiger partial charge in [-0.25, -0.2) is 0 Å². The Kier molecular flexibility index (Phi) is 4.74. The first kappa shape index (κ1) is 15.7. The number of nitrogens with zero attached hydrogens (tertiary/aromatic N) is 3. The lowest BCUT2D eigenvalue weighted by Crippen LogP contribution is -2.22. The summed E-state index contributed by atoms with van der Waals surface area (Å²) in [6, 6.07) is 17.6. The molecule has 0 amide bonds. The van der Waals surface area contributed by atoms with Crippen molar-refractivity contribution in [2.75, 3.05) is 7.05 Å². The van der Waals surface area contributed by atoms with Crippen molar-refractivity contribution in [3.05, 3.63) is 71.1 Å². The highest BCUT2D eigenvalue weighted by Crippen LogP contribution is 2.25. The van der Waals surface area contributed by atoms with Crippen molar-refractivity contribution < 1.29 is 4.42 Å². The largest absolute Gasteiger partial charge is 0.419 e. The van der Waals surface area contributed by atoms with Gasteiger partial charge in [-0.3, -0.25) is 4.90 Å². The summed E-state index contributed by atoms with van der Waals surface area (Å²) >= 11 is 6.23. The quantitative estimate of drug-likeness (QED) is 0.687.